The molecule has 0 amide bonds. The second-order valence-corrected chi connectivity index (χ2v) is 7.01. The molecular weight excluding hydrogens is 250 g/mol. The Kier molecular flexibility index (Phi) is 3.33. The van der Waals surface area contributed by atoms with Crippen molar-refractivity contribution in [2.45, 2.75) is 25.5 Å². The van der Waals surface area contributed by atoms with Crippen molar-refractivity contribution in [1.29, 1.82) is 0 Å². The van der Waals surface area contributed by atoms with Gasteiger partial charge in [0.1, 0.15) is 11.5 Å². The smallest absolute Gasteiger partial charge is 0.237 e. The third-order valence-electron chi connectivity index (χ3n) is 2.13. The van der Waals surface area contributed by atoms with E-state index in [0.717, 1.165) is 6.07 Å². The maximum Gasteiger partial charge on any atom is 0.237 e. The SMILES string of the molecule is CC(C)(C)S(=O)(=O)Nc1c(N)cc(F)cc1F. The third kappa shape index (κ3) is 2.85. The number of hydrogen-bond donors (Lipinski definition) is 2. The second-order valence-electron chi connectivity index (χ2n) is 4.57. The van der Waals surface area contributed by atoms with E-state index in [1.54, 1.807) is 0 Å². The largest absolute Gasteiger partial charge is 0.397 e. The molecule has 3 N–H and O–H groups in total. The Morgan fingerprint density at radius 3 is 2.18 bits per heavy atom. The van der Waals surface area contributed by atoms with Gasteiger partial charge in [0.05, 0.1) is 10.4 Å². The normalized spacial score (nSPS) is 12.5. The second kappa shape index (κ2) is 4.14. The zero-order valence-electron chi connectivity index (χ0n) is 9.71. The highest BCUT2D eigenvalue weighted by Gasteiger charge is 2.30. The molecule has 0 radical (unpaired) electrons. The van der Waals surface area contributed by atoms with E-state index in [9.17, 15) is 17.2 Å². The summed E-state index contributed by atoms with van der Waals surface area (Å²) in [5.74, 6) is -1.91. The van der Waals surface area contributed by atoms with Crippen molar-refractivity contribution in [2.75, 3.05) is 10.5 Å². The van der Waals surface area contributed by atoms with E-state index < -0.39 is 32.1 Å². The number of halogens is 2. The summed E-state index contributed by atoms with van der Waals surface area (Å²) in [5, 5.41) is 0. The first-order chi connectivity index (χ1) is 7.54. The van der Waals surface area contributed by atoms with E-state index in [2.05, 4.69) is 0 Å². The first-order valence-corrected chi connectivity index (χ1v) is 6.30. The molecule has 1 rings (SSSR count). The van der Waals surface area contributed by atoms with Crippen LogP contribution in [0.2, 0.25) is 0 Å². The Morgan fingerprint density at radius 1 is 1.24 bits per heavy atom. The van der Waals surface area contributed by atoms with Gasteiger partial charge in [0.2, 0.25) is 10.0 Å². The van der Waals surface area contributed by atoms with Gasteiger partial charge in [-0.05, 0) is 26.8 Å². The lowest BCUT2D eigenvalue weighted by molar-refractivity contribution is 0.563. The molecule has 0 saturated heterocycles. The Hall–Kier alpha value is -1.37. The van der Waals surface area contributed by atoms with Gasteiger partial charge >= 0.3 is 0 Å². The van der Waals surface area contributed by atoms with Gasteiger partial charge in [-0.25, -0.2) is 17.2 Å². The van der Waals surface area contributed by atoms with Crippen LogP contribution in [0.5, 0.6) is 0 Å². The van der Waals surface area contributed by atoms with Crippen molar-refractivity contribution in [3.05, 3.63) is 23.8 Å². The summed E-state index contributed by atoms with van der Waals surface area (Å²) in [4.78, 5) is 0. The average molecular weight is 264 g/mol. The van der Waals surface area contributed by atoms with Crippen LogP contribution >= 0.6 is 0 Å². The van der Waals surface area contributed by atoms with Gasteiger partial charge in [-0.15, -0.1) is 0 Å². The predicted molar refractivity (Wildman–Crippen MR) is 63.1 cm³/mol. The van der Waals surface area contributed by atoms with E-state index in [-0.39, 0.29) is 5.69 Å². The summed E-state index contributed by atoms with van der Waals surface area (Å²) < 4.78 is 50.6. The van der Waals surface area contributed by atoms with Gasteiger partial charge in [0.25, 0.3) is 0 Å². The number of benzene rings is 1. The molecule has 0 fully saturated rings. The molecule has 0 spiro atoms. The molecule has 0 aliphatic heterocycles. The summed E-state index contributed by atoms with van der Waals surface area (Å²) in [5.41, 5.74) is 4.64. The molecule has 1 aromatic rings. The number of nitrogens with two attached hydrogens (primary N) is 1. The zero-order valence-corrected chi connectivity index (χ0v) is 10.5. The Morgan fingerprint density at radius 2 is 1.76 bits per heavy atom. The lowest BCUT2D eigenvalue weighted by atomic mass is 10.2. The van der Waals surface area contributed by atoms with Crippen LogP contribution in [0.3, 0.4) is 0 Å². The summed E-state index contributed by atoms with van der Waals surface area (Å²) >= 11 is 0. The molecule has 0 bridgehead atoms. The van der Waals surface area contributed by atoms with Crippen LogP contribution in [0.1, 0.15) is 20.8 Å². The van der Waals surface area contributed by atoms with Gasteiger partial charge in [0.15, 0.2) is 5.82 Å². The number of rotatable bonds is 2. The number of anilines is 2. The van der Waals surface area contributed by atoms with Crippen LogP contribution in [0, 0.1) is 11.6 Å². The molecule has 0 aliphatic rings. The fourth-order valence-corrected chi connectivity index (χ4v) is 1.78. The average Bonchev–Trinajstić information content (AvgIpc) is 2.09. The molecule has 0 atom stereocenters. The number of sulfonamides is 1. The van der Waals surface area contributed by atoms with Crippen LogP contribution < -0.4 is 10.5 Å². The van der Waals surface area contributed by atoms with E-state index in [4.69, 9.17) is 5.73 Å². The molecule has 0 saturated carbocycles. The Labute approximate surface area is 98.9 Å². The first-order valence-electron chi connectivity index (χ1n) is 4.81. The lowest BCUT2D eigenvalue weighted by Gasteiger charge is -2.21. The highest BCUT2D eigenvalue weighted by atomic mass is 32.2. The molecule has 4 nitrogen and oxygen atoms in total. The molecule has 96 valence electrons. The molecule has 0 aromatic heterocycles. The van der Waals surface area contributed by atoms with Gasteiger partial charge in [-0.3, -0.25) is 4.72 Å². The number of nitrogen functional groups attached to an aromatic ring is 1. The van der Waals surface area contributed by atoms with Crippen molar-refractivity contribution in [3.63, 3.8) is 0 Å². The zero-order chi connectivity index (χ0) is 13.4. The van der Waals surface area contributed by atoms with Gasteiger partial charge in [-0.2, -0.15) is 0 Å². The van der Waals surface area contributed by atoms with Crippen LogP contribution in [0.15, 0.2) is 12.1 Å². The maximum absolute atomic E-state index is 13.4. The number of nitrogens with one attached hydrogen (secondary N) is 1. The predicted octanol–water partition coefficient (Wildman–Crippen LogP) is 2.09. The van der Waals surface area contributed by atoms with Crippen LogP contribution in [-0.2, 0) is 10.0 Å². The first kappa shape index (κ1) is 13.7. The van der Waals surface area contributed by atoms with E-state index in [1.165, 1.54) is 20.8 Å². The Balaban J connectivity index is 3.22. The molecule has 17 heavy (non-hydrogen) atoms. The van der Waals surface area contributed by atoms with Crippen molar-refractivity contribution in [3.8, 4) is 0 Å². The standard InChI is InChI=1S/C10H14F2N2O2S/c1-10(2,3)17(15,16)14-9-7(12)4-6(11)5-8(9)13/h4-5,14H,13H2,1-3H3. The van der Waals surface area contributed by atoms with Crippen LogP contribution in [0.25, 0.3) is 0 Å². The van der Waals surface area contributed by atoms with E-state index in [1.807, 2.05) is 4.72 Å². The van der Waals surface area contributed by atoms with Gasteiger partial charge in [0, 0.05) is 6.07 Å². The number of hydrogen-bond acceptors (Lipinski definition) is 3. The van der Waals surface area contributed by atoms with E-state index >= 15 is 0 Å². The van der Waals surface area contributed by atoms with Crippen LogP contribution in [0.4, 0.5) is 20.2 Å². The molecule has 0 aliphatic carbocycles. The summed E-state index contributed by atoms with van der Waals surface area (Å²) in [6, 6.07) is 1.42. The minimum absolute atomic E-state index is 0.296. The highest BCUT2D eigenvalue weighted by molar-refractivity contribution is 7.94. The van der Waals surface area contributed by atoms with Gasteiger partial charge in [-0.1, -0.05) is 0 Å². The lowest BCUT2D eigenvalue weighted by Crippen LogP contribution is -2.34. The molecule has 0 unspecified atom stereocenters. The molecule has 7 heteroatoms. The van der Waals surface area contributed by atoms with Gasteiger partial charge < -0.3 is 5.73 Å². The third-order valence-corrected chi connectivity index (χ3v) is 4.21. The summed E-state index contributed by atoms with van der Waals surface area (Å²) in [6.07, 6.45) is 0. The molecular formula is C10H14F2N2O2S. The van der Waals surface area contributed by atoms with Crippen molar-refractivity contribution < 1.29 is 17.2 Å². The van der Waals surface area contributed by atoms with Crippen molar-refractivity contribution >= 4 is 21.4 Å². The van der Waals surface area contributed by atoms with Crippen molar-refractivity contribution in [1.82, 2.24) is 0 Å². The molecule has 0 heterocycles. The van der Waals surface area contributed by atoms with Crippen molar-refractivity contribution in [2.24, 2.45) is 0 Å². The fourth-order valence-electron chi connectivity index (χ4n) is 0.989. The minimum atomic E-state index is -3.80. The Bertz CT molecular complexity index is 513. The fraction of sp³-hybridized carbons (Fsp3) is 0.400. The van der Waals surface area contributed by atoms with Crippen LogP contribution in [-0.4, -0.2) is 13.2 Å². The maximum atomic E-state index is 13.4. The summed E-state index contributed by atoms with van der Waals surface area (Å²) in [6.45, 7) is 4.35. The minimum Gasteiger partial charge on any atom is -0.397 e. The highest BCUT2D eigenvalue weighted by Crippen LogP contribution is 2.27. The summed E-state index contributed by atoms with van der Waals surface area (Å²) in [7, 11) is -3.80. The quantitative estimate of drug-likeness (QED) is 0.803. The molecule has 1 aromatic carbocycles. The topological polar surface area (TPSA) is 72.2 Å². The van der Waals surface area contributed by atoms with E-state index in [0.29, 0.717) is 6.07 Å². The monoisotopic (exact) mass is 264 g/mol.